The zero-order valence-corrected chi connectivity index (χ0v) is 18.9. The highest BCUT2D eigenvalue weighted by atomic mass is 35.5. The monoisotopic (exact) mass is 470 g/mol. The number of aromatic amines is 1. The minimum atomic E-state index is -0.473. The van der Waals surface area contributed by atoms with E-state index in [0.29, 0.717) is 16.7 Å². The van der Waals surface area contributed by atoms with Gasteiger partial charge in [-0.25, -0.2) is 0 Å². The number of carbonyl (C=O) groups is 2. The summed E-state index contributed by atoms with van der Waals surface area (Å²) in [5.41, 5.74) is 9.33. The first-order valence-electron chi connectivity index (χ1n) is 10.6. The SMILES string of the molecule is NC(=O)COc1cccc(CN2CCC(c3cc(-c4ccccc4Cl)n[nH]3)CC2)c1.O=CO. The minimum Gasteiger partial charge on any atom is -0.484 e. The smallest absolute Gasteiger partial charge is 0.290 e. The molecular formula is C24H27ClN4O4. The number of carboxylic acid groups (broad SMARTS) is 1. The summed E-state index contributed by atoms with van der Waals surface area (Å²) in [7, 11) is 0. The summed E-state index contributed by atoms with van der Waals surface area (Å²) >= 11 is 6.30. The maximum atomic E-state index is 10.9. The number of nitrogens with zero attached hydrogens (tertiary/aromatic N) is 2. The first-order chi connectivity index (χ1) is 16.0. The molecular weight excluding hydrogens is 444 g/mol. The van der Waals surface area contributed by atoms with Crippen LogP contribution in [0, 0.1) is 0 Å². The van der Waals surface area contributed by atoms with Crippen LogP contribution in [0.5, 0.6) is 5.75 Å². The second-order valence-electron chi connectivity index (χ2n) is 7.75. The molecule has 174 valence electrons. The number of rotatable bonds is 7. The molecule has 2 heterocycles. The zero-order chi connectivity index (χ0) is 23.6. The van der Waals surface area contributed by atoms with Crippen LogP contribution in [0.3, 0.4) is 0 Å². The fraction of sp³-hybridized carbons (Fsp3) is 0.292. The molecule has 1 aliphatic rings. The molecule has 8 nitrogen and oxygen atoms in total. The van der Waals surface area contributed by atoms with Crippen molar-refractivity contribution in [2.75, 3.05) is 19.7 Å². The molecule has 0 radical (unpaired) electrons. The van der Waals surface area contributed by atoms with Crippen molar-refractivity contribution in [2.24, 2.45) is 5.73 Å². The van der Waals surface area contributed by atoms with Crippen molar-refractivity contribution >= 4 is 24.0 Å². The van der Waals surface area contributed by atoms with Crippen LogP contribution in [0.25, 0.3) is 11.3 Å². The number of halogens is 1. The predicted octanol–water partition coefficient (Wildman–Crippen LogP) is 3.67. The third-order valence-corrected chi connectivity index (χ3v) is 5.79. The van der Waals surface area contributed by atoms with Crippen LogP contribution >= 0.6 is 11.6 Å². The average Bonchev–Trinajstić information content (AvgIpc) is 3.29. The van der Waals surface area contributed by atoms with E-state index in [-0.39, 0.29) is 13.1 Å². The first kappa shape index (κ1) is 24.3. The molecule has 0 unspecified atom stereocenters. The number of likely N-dealkylation sites (tertiary alicyclic amines) is 1. The van der Waals surface area contributed by atoms with Crippen LogP contribution in [0.4, 0.5) is 0 Å². The average molecular weight is 471 g/mol. The summed E-state index contributed by atoms with van der Waals surface area (Å²) in [5.74, 6) is 0.667. The standard InChI is InChI=1S/C23H25ClN4O2.CH2O2/c24-20-7-2-1-6-19(20)22-13-21(26-27-22)17-8-10-28(11-9-17)14-16-4-3-5-18(12-16)30-15-23(25)29;2-1-3/h1-7,12-13,17H,8-11,14-15H2,(H2,25,29)(H,26,27);1H,(H,2,3). The molecule has 1 fully saturated rings. The molecule has 33 heavy (non-hydrogen) atoms. The molecule has 1 aromatic heterocycles. The van der Waals surface area contributed by atoms with Crippen LogP contribution < -0.4 is 10.5 Å². The number of nitrogens with one attached hydrogen (secondary N) is 1. The summed E-state index contributed by atoms with van der Waals surface area (Å²) in [4.78, 5) is 21.7. The van der Waals surface area contributed by atoms with Gasteiger partial charge in [0, 0.05) is 23.7 Å². The van der Waals surface area contributed by atoms with Gasteiger partial charge in [0.2, 0.25) is 0 Å². The third kappa shape index (κ3) is 7.06. The number of aromatic nitrogens is 2. The van der Waals surface area contributed by atoms with Gasteiger partial charge in [-0.05, 0) is 55.8 Å². The molecule has 0 saturated carbocycles. The molecule has 0 spiro atoms. The molecule has 0 aliphatic carbocycles. The number of piperidine rings is 1. The number of amides is 1. The Kier molecular flexibility index (Phi) is 8.86. The molecule has 9 heteroatoms. The summed E-state index contributed by atoms with van der Waals surface area (Å²) in [6.07, 6.45) is 2.14. The Morgan fingerprint density at radius 3 is 2.64 bits per heavy atom. The van der Waals surface area contributed by atoms with Crippen molar-refractivity contribution in [2.45, 2.75) is 25.3 Å². The Labute approximate surface area is 197 Å². The Balaban J connectivity index is 0.000000968. The predicted molar refractivity (Wildman–Crippen MR) is 126 cm³/mol. The molecule has 2 aromatic carbocycles. The maximum absolute atomic E-state index is 10.9. The Morgan fingerprint density at radius 1 is 1.21 bits per heavy atom. The minimum absolute atomic E-state index is 0.102. The fourth-order valence-corrected chi connectivity index (χ4v) is 4.13. The van der Waals surface area contributed by atoms with E-state index in [4.69, 9.17) is 32.0 Å². The van der Waals surface area contributed by atoms with Gasteiger partial charge < -0.3 is 15.6 Å². The van der Waals surface area contributed by atoms with Crippen molar-refractivity contribution in [1.82, 2.24) is 15.1 Å². The number of hydrogen-bond acceptors (Lipinski definition) is 5. The van der Waals surface area contributed by atoms with Crippen LogP contribution in [0.2, 0.25) is 5.02 Å². The van der Waals surface area contributed by atoms with Crippen LogP contribution in [-0.2, 0) is 16.1 Å². The van der Waals surface area contributed by atoms with Gasteiger partial charge in [0.05, 0.1) is 10.7 Å². The lowest BCUT2D eigenvalue weighted by atomic mass is 9.93. The van der Waals surface area contributed by atoms with Gasteiger partial charge in [0.1, 0.15) is 5.75 Å². The highest BCUT2D eigenvalue weighted by Gasteiger charge is 2.23. The van der Waals surface area contributed by atoms with E-state index < -0.39 is 5.91 Å². The molecule has 4 rings (SSSR count). The lowest BCUT2D eigenvalue weighted by molar-refractivity contribution is -0.123. The molecule has 1 saturated heterocycles. The van der Waals surface area contributed by atoms with E-state index in [1.807, 2.05) is 42.5 Å². The van der Waals surface area contributed by atoms with Crippen molar-refractivity contribution < 1.29 is 19.4 Å². The van der Waals surface area contributed by atoms with Gasteiger partial charge >= 0.3 is 0 Å². The van der Waals surface area contributed by atoms with Crippen molar-refractivity contribution in [1.29, 1.82) is 0 Å². The largest absolute Gasteiger partial charge is 0.484 e. The van der Waals surface area contributed by atoms with E-state index in [1.165, 1.54) is 5.69 Å². The second kappa shape index (κ2) is 12.0. The lowest BCUT2D eigenvalue weighted by Gasteiger charge is -2.31. The molecule has 4 N–H and O–H groups in total. The second-order valence-corrected chi connectivity index (χ2v) is 8.15. The van der Waals surface area contributed by atoms with Crippen molar-refractivity contribution in [3.8, 4) is 17.0 Å². The first-order valence-corrected chi connectivity index (χ1v) is 11.0. The number of ether oxygens (including phenoxy) is 1. The Bertz CT molecular complexity index is 1060. The maximum Gasteiger partial charge on any atom is 0.290 e. The number of nitrogens with two attached hydrogens (primary N) is 1. The van der Waals surface area contributed by atoms with Gasteiger partial charge in [0.15, 0.2) is 6.61 Å². The van der Waals surface area contributed by atoms with E-state index in [0.717, 1.165) is 49.3 Å². The van der Waals surface area contributed by atoms with E-state index in [1.54, 1.807) is 0 Å². The normalized spacial score (nSPS) is 14.2. The quantitative estimate of drug-likeness (QED) is 0.453. The number of benzene rings is 2. The van der Waals surface area contributed by atoms with E-state index in [9.17, 15) is 4.79 Å². The lowest BCUT2D eigenvalue weighted by Crippen LogP contribution is -2.32. The molecule has 1 aliphatic heterocycles. The topological polar surface area (TPSA) is 122 Å². The Morgan fingerprint density at radius 2 is 1.94 bits per heavy atom. The highest BCUT2D eigenvalue weighted by Crippen LogP contribution is 2.32. The number of H-pyrrole nitrogens is 1. The molecule has 0 bridgehead atoms. The number of primary amides is 1. The third-order valence-electron chi connectivity index (χ3n) is 5.46. The summed E-state index contributed by atoms with van der Waals surface area (Å²) < 4.78 is 5.41. The van der Waals surface area contributed by atoms with Gasteiger partial charge in [0.25, 0.3) is 12.4 Å². The molecule has 1 amide bonds. The zero-order valence-electron chi connectivity index (χ0n) is 18.1. The van der Waals surface area contributed by atoms with Crippen molar-refractivity contribution in [3.05, 3.63) is 70.9 Å². The van der Waals surface area contributed by atoms with E-state index in [2.05, 4.69) is 27.2 Å². The highest BCUT2D eigenvalue weighted by molar-refractivity contribution is 6.33. The molecule has 0 atom stereocenters. The summed E-state index contributed by atoms with van der Waals surface area (Å²) in [5, 5.41) is 15.3. The van der Waals surface area contributed by atoms with E-state index >= 15 is 0 Å². The Hall–Kier alpha value is -3.36. The fourth-order valence-electron chi connectivity index (χ4n) is 3.90. The van der Waals surface area contributed by atoms with Crippen molar-refractivity contribution in [3.63, 3.8) is 0 Å². The summed E-state index contributed by atoms with van der Waals surface area (Å²) in [6.45, 7) is 2.53. The van der Waals surface area contributed by atoms with Gasteiger partial charge in [-0.2, -0.15) is 5.10 Å². The van der Waals surface area contributed by atoms with Gasteiger partial charge in [-0.15, -0.1) is 0 Å². The number of hydrogen-bond donors (Lipinski definition) is 3. The van der Waals surface area contributed by atoms with Gasteiger partial charge in [-0.3, -0.25) is 19.6 Å². The van der Waals surface area contributed by atoms with Gasteiger partial charge in [-0.1, -0.05) is 41.9 Å². The van der Waals surface area contributed by atoms with Crippen LogP contribution in [-0.4, -0.2) is 52.3 Å². The molecule has 3 aromatic rings. The van der Waals surface area contributed by atoms with Crippen LogP contribution in [0.15, 0.2) is 54.6 Å². The summed E-state index contributed by atoms with van der Waals surface area (Å²) in [6, 6.07) is 17.7. The number of carbonyl (C=O) groups excluding carboxylic acids is 1. The van der Waals surface area contributed by atoms with Crippen LogP contribution in [0.1, 0.15) is 30.0 Å².